The number of anilines is 2. The van der Waals surface area contributed by atoms with Crippen LogP contribution in [0.1, 0.15) is 38.5 Å². The average Bonchev–Trinajstić information content (AvgIpc) is 3.17. The zero-order chi connectivity index (χ0) is 14.7. The molecule has 2 heterocycles. The van der Waals surface area contributed by atoms with Gasteiger partial charge in [0, 0.05) is 24.4 Å². The van der Waals surface area contributed by atoms with Crippen LogP contribution in [0.2, 0.25) is 5.28 Å². The molecule has 1 saturated heterocycles. The molecule has 5 nitrogen and oxygen atoms in total. The van der Waals surface area contributed by atoms with Gasteiger partial charge in [0.15, 0.2) is 0 Å². The monoisotopic (exact) mass is 327 g/mol. The molecule has 7 heteroatoms. The molecule has 0 amide bonds. The number of thioether (sulfide) groups is 1. The van der Waals surface area contributed by atoms with Crippen LogP contribution in [0.3, 0.4) is 0 Å². The highest BCUT2D eigenvalue weighted by Gasteiger charge is 2.33. The molecule has 0 spiro atoms. The van der Waals surface area contributed by atoms with E-state index in [4.69, 9.17) is 11.6 Å². The molecule has 1 saturated carbocycles. The molecule has 1 N–H and O–H groups in total. The van der Waals surface area contributed by atoms with Crippen molar-refractivity contribution in [3.63, 3.8) is 0 Å². The Morgan fingerprint density at radius 3 is 2.52 bits per heavy atom. The summed E-state index contributed by atoms with van der Waals surface area (Å²) in [4.78, 5) is 15.2. The number of hydrogen-bond acceptors (Lipinski definition) is 6. The summed E-state index contributed by atoms with van der Waals surface area (Å²) in [6.45, 7) is 2.91. The van der Waals surface area contributed by atoms with E-state index in [2.05, 4.69) is 31.4 Å². The first-order chi connectivity index (χ1) is 10.2. The summed E-state index contributed by atoms with van der Waals surface area (Å²) < 4.78 is 0.326. The van der Waals surface area contributed by atoms with Gasteiger partial charge in [-0.15, -0.1) is 0 Å². The molecule has 1 aliphatic carbocycles. The largest absolute Gasteiger partial charge is 0.353 e. The minimum absolute atomic E-state index is 0.277. The van der Waals surface area contributed by atoms with E-state index in [0.717, 1.165) is 19.6 Å². The van der Waals surface area contributed by atoms with Crippen LogP contribution in [0, 0.1) is 0 Å². The molecule has 0 atom stereocenters. The molecule has 116 valence electrons. The van der Waals surface area contributed by atoms with Crippen LogP contribution >= 0.6 is 23.4 Å². The normalized spacial score (nSPS) is 21.0. The molecule has 2 aliphatic rings. The van der Waals surface area contributed by atoms with Gasteiger partial charge in [0.1, 0.15) is 0 Å². The highest BCUT2D eigenvalue weighted by atomic mass is 35.5. The first-order valence-electron chi connectivity index (χ1n) is 7.66. The molecule has 0 aromatic carbocycles. The molecule has 21 heavy (non-hydrogen) atoms. The lowest BCUT2D eigenvalue weighted by atomic mass is 10.1. The summed E-state index contributed by atoms with van der Waals surface area (Å²) >= 11 is 8.01. The van der Waals surface area contributed by atoms with Crippen molar-refractivity contribution in [2.75, 3.05) is 36.1 Å². The van der Waals surface area contributed by atoms with Crippen molar-refractivity contribution >= 4 is 35.3 Å². The van der Waals surface area contributed by atoms with Crippen LogP contribution in [-0.4, -0.2) is 45.6 Å². The maximum atomic E-state index is 6.06. The maximum Gasteiger partial charge on any atom is 0.231 e. The van der Waals surface area contributed by atoms with E-state index in [0.29, 0.717) is 16.6 Å². The summed E-state index contributed by atoms with van der Waals surface area (Å²) in [5.41, 5.74) is 0. The Hall–Kier alpha value is -0.750. The van der Waals surface area contributed by atoms with Crippen molar-refractivity contribution in [2.45, 2.75) is 43.3 Å². The molecule has 2 fully saturated rings. The Bertz CT molecular complexity index is 486. The van der Waals surface area contributed by atoms with Gasteiger partial charge in [0.25, 0.3) is 0 Å². The van der Waals surface area contributed by atoms with Gasteiger partial charge in [-0.05, 0) is 43.5 Å². The summed E-state index contributed by atoms with van der Waals surface area (Å²) in [5.74, 6) is 1.32. The molecule has 1 aromatic heterocycles. The molecule has 1 aromatic rings. The highest BCUT2D eigenvalue weighted by Crippen LogP contribution is 2.40. The Labute approximate surface area is 135 Å². The van der Waals surface area contributed by atoms with E-state index >= 15 is 0 Å². The van der Waals surface area contributed by atoms with E-state index in [-0.39, 0.29) is 5.28 Å². The lowest BCUT2D eigenvalue weighted by Crippen LogP contribution is -2.31. The van der Waals surface area contributed by atoms with Gasteiger partial charge in [-0.2, -0.15) is 26.7 Å². The number of nitrogens with one attached hydrogen (secondary N) is 1. The van der Waals surface area contributed by atoms with Crippen LogP contribution in [-0.2, 0) is 0 Å². The Kier molecular flexibility index (Phi) is 4.74. The predicted molar refractivity (Wildman–Crippen MR) is 89.5 cm³/mol. The number of hydrogen-bond donors (Lipinski definition) is 1. The van der Waals surface area contributed by atoms with Crippen LogP contribution in [0.4, 0.5) is 11.9 Å². The van der Waals surface area contributed by atoms with Gasteiger partial charge < -0.3 is 10.2 Å². The van der Waals surface area contributed by atoms with Crippen LogP contribution < -0.4 is 10.2 Å². The highest BCUT2D eigenvalue weighted by molar-refractivity contribution is 8.00. The van der Waals surface area contributed by atoms with Crippen molar-refractivity contribution < 1.29 is 0 Å². The van der Waals surface area contributed by atoms with Crippen LogP contribution in [0.15, 0.2) is 0 Å². The van der Waals surface area contributed by atoms with E-state index < -0.39 is 0 Å². The van der Waals surface area contributed by atoms with E-state index in [9.17, 15) is 0 Å². The Morgan fingerprint density at radius 1 is 1.14 bits per heavy atom. The second-order valence-corrected chi connectivity index (χ2v) is 7.48. The molecule has 1 aliphatic heterocycles. The Balaban J connectivity index is 1.70. The first-order valence-corrected chi connectivity index (χ1v) is 9.27. The molecular weight excluding hydrogens is 306 g/mol. The van der Waals surface area contributed by atoms with Gasteiger partial charge >= 0.3 is 0 Å². The molecular formula is C14H22ClN5S. The zero-order valence-corrected chi connectivity index (χ0v) is 14.0. The van der Waals surface area contributed by atoms with Gasteiger partial charge in [-0.1, -0.05) is 12.8 Å². The molecule has 0 unspecified atom stereocenters. The third kappa shape index (κ3) is 3.54. The smallest absolute Gasteiger partial charge is 0.231 e. The van der Waals surface area contributed by atoms with Crippen molar-refractivity contribution in [2.24, 2.45) is 0 Å². The third-order valence-corrected chi connectivity index (χ3v) is 6.09. The fourth-order valence-corrected chi connectivity index (χ4v) is 4.26. The quantitative estimate of drug-likeness (QED) is 0.896. The minimum atomic E-state index is 0.277. The topological polar surface area (TPSA) is 53.9 Å². The zero-order valence-electron chi connectivity index (χ0n) is 12.4. The maximum absolute atomic E-state index is 6.06. The summed E-state index contributed by atoms with van der Waals surface area (Å²) in [6, 6.07) is 0. The van der Waals surface area contributed by atoms with Gasteiger partial charge in [-0.25, -0.2) is 0 Å². The van der Waals surface area contributed by atoms with Crippen LogP contribution in [0.25, 0.3) is 0 Å². The number of halogens is 1. The SMILES string of the molecule is CSC1(CNc2nc(Cl)nc(N3CCCC3)n2)CCCC1. The summed E-state index contributed by atoms with van der Waals surface area (Å²) in [7, 11) is 0. The fraction of sp³-hybridized carbons (Fsp3) is 0.786. The predicted octanol–water partition coefficient (Wildman–Crippen LogP) is 3.21. The van der Waals surface area contributed by atoms with E-state index in [1.807, 2.05) is 11.8 Å². The lowest BCUT2D eigenvalue weighted by molar-refractivity contribution is 0.636. The summed E-state index contributed by atoms with van der Waals surface area (Å²) in [6.07, 6.45) is 9.75. The standard InChI is InChI=1S/C14H22ClN5S/c1-21-14(6-2-3-7-14)10-16-12-17-11(15)18-13(19-12)20-8-4-5-9-20/h2-10H2,1H3,(H,16,17,18,19). The fourth-order valence-electron chi connectivity index (χ4n) is 3.19. The number of nitrogens with zero attached hydrogens (tertiary/aromatic N) is 4. The van der Waals surface area contributed by atoms with Gasteiger partial charge in [0.05, 0.1) is 0 Å². The second kappa shape index (κ2) is 6.57. The van der Waals surface area contributed by atoms with Crippen molar-refractivity contribution in [1.82, 2.24) is 15.0 Å². The number of aromatic nitrogens is 3. The second-order valence-electron chi connectivity index (χ2n) is 5.87. The van der Waals surface area contributed by atoms with Crippen molar-refractivity contribution in [1.29, 1.82) is 0 Å². The molecule has 0 radical (unpaired) electrons. The average molecular weight is 328 g/mol. The lowest BCUT2D eigenvalue weighted by Gasteiger charge is -2.27. The van der Waals surface area contributed by atoms with Gasteiger partial charge in [-0.3, -0.25) is 0 Å². The van der Waals surface area contributed by atoms with Crippen LogP contribution in [0.5, 0.6) is 0 Å². The van der Waals surface area contributed by atoms with Gasteiger partial charge in [0.2, 0.25) is 17.2 Å². The third-order valence-electron chi connectivity index (χ3n) is 4.50. The van der Waals surface area contributed by atoms with Crippen molar-refractivity contribution in [3.05, 3.63) is 5.28 Å². The summed E-state index contributed by atoms with van der Waals surface area (Å²) in [5, 5.41) is 3.67. The minimum Gasteiger partial charge on any atom is -0.353 e. The Morgan fingerprint density at radius 2 is 1.86 bits per heavy atom. The number of rotatable bonds is 5. The molecule has 0 bridgehead atoms. The molecule has 3 rings (SSSR count). The van der Waals surface area contributed by atoms with E-state index in [1.165, 1.54) is 38.5 Å². The first kappa shape index (κ1) is 15.2. The van der Waals surface area contributed by atoms with Crippen molar-refractivity contribution in [3.8, 4) is 0 Å². The van der Waals surface area contributed by atoms with E-state index in [1.54, 1.807) is 0 Å².